The SMILES string of the molecule is CCP(=O)(CC)c1ccccc1Nc1ccnc2[nH]c(-c3ccc(N4CCC(N(C)C)CC4)cc3)cc12. The Morgan fingerprint density at radius 1 is 1.00 bits per heavy atom. The number of aromatic amines is 1. The highest BCUT2D eigenvalue weighted by Gasteiger charge is 2.24. The zero-order valence-corrected chi connectivity index (χ0v) is 23.3. The van der Waals surface area contributed by atoms with Crippen LogP contribution < -0.4 is 15.5 Å². The number of piperidine rings is 1. The summed E-state index contributed by atoms with van der Waals surface area (Å²) in [6, 6.07) is 21.7. The van der Waals surface area contributed by atoms with Gasteiger partial charge in [0.1, 0.15) is 12.8 Å². The number of nitrogens with zero attached hydrogens (tertiary/aromatic N) is 3. The quantitative estimate of drug-likeness (QED) is 0.261. The van der Waals surface area contributed by atoms with Gasteiger partial charge in [-0.15, -0.1) is 0 Å². The number of hydrogen-bond acceptors (Lipinski definition) is 5. The van der Waals surface area contributed by atoms with Crippen molar-refractivity contribution in [3.8, 4) is 11.3 Å². The molecule has 6 nitrogen and oxygen atoms in total. The predicted molar refractivity (Wildman–Crippen MR) is 158 cm³/mol. The summed E-state index contributed by atoms with van der Waals surface area (Å²) in [5, 5.41) is 5.52. The Morgan fingerprint density at radius 2 is 1.70 bits per heavy atom. The monoisotopic (exact) mass is 515 g/mol. The first-order valence-corrected chi connectivity index (χ1v) is 15.4. The molecule has 1 saturated heterocycles. The van der Waals surface area contributed by atoms with E-state index in [1.54, 1.807) is 0 Å². The van der Waals surface area contributed by atoms with Crippen molar-refractivity contribution < 1.29 is 4.57 Å². The maximum atomic E-state index is 13.5. The normalized spacial score (nSPS) is 15.0. The van der Waals surface area contributed by atoms with Gasteiger partial charge >= 0.3 is 0 Å². The van der Waals surface area contributed by atoms with Crippen LogP contribution in [0.25, 0.3) is 22.3 Å². The van der Waals surface area contributed by atoms with E-state index in [-0.39, 0.29) is 0 Å². The lowest BCUT2D eigenvalue weighted by Gasteiger charge is -2.36. The third-order valence-corrected chi connectivity index (χ3v) is 11.2. The van der Waals surface area contributed by atoms with E-state index in [4.69, 9.17) is 0 Å². The average molecular weight is 516 g/mol. The summed E-state index contributed by atoms with van der Waals surface area (Å²) < 4.78 is 13.5. The van der Waals surface area contributed by atoms with Crippen LogP contribution in [0.3, 0.4) is 0 Å². The second-order valence-corrected chi connectivity index (χ2v) is 13.7. The van der Waals surface area contributed by atoms with Gasteiger partial charge in [0.05, 0.1) is 5.69 Å². The molecule has 0 saturated carbocycles. The first kappa shape index (κ1) is 25.6. The molecule has 7 heteroatoms. The Kier molecular flexibility index (Phi) is 7.41. The Hall–Kier alpha value is -3.08. The van der Waals surface area contributed by atoms with Crippen molar-refractivity contribution in [3.05, 3.63) is 66.9 Å². The number of aromatic nitrogens is 2. The molecule has 1 aliphatic rings. The second-order valence-electron chi connectivity index (χ2n) is 10.2. The van der Waals surface area contributed by atoms with Crippen molar-refractivity contribution >= 4 is 40.5 Å². The molecule has 37 heavy (non-hydrogen) atoms. The third-order valence-electron chi connectivity index (χ3n) is 7.90. The van der Waals surface area contributed by atoms with Crippen molar-refractivity contribution in [2.75, 3.05) is 49.7 Å². The van der Waals surface area contributed by atoms with E-state index in [9.17, 15) is 4.57 Å². The molecular formula is C30H38N5OP. The summed E-state index contributed by atoms with van der Waals surface area (Å²) in [5.41, 5.74) is 6.16. The molecule has 194 valence electrons. The minimum Gasteiger partial charge on any atom is -0.371 e. The van der Waals surface area contributed by atoms with Crippen molar-refractivity contribution in [3.63, 3.8) is 0 Å². The number of pyridine rings is 1. The molecule has 0 amide bonds. The topological polar surface area (TPSA) is 64.3 Å². The summed E-state index contributed by atoms with van der Waals surface area (Å²) >= 11 is 0. The van der Waals surface area contributed by atoms with Crippen LogP contribution in [-0.4, -0.2) is 60.4 Å². The highest BCUT2D eigenvalue weighted by atomic mass is 31.2. The van der Waals surface area contributed by atoms with Crippen molar-refractivity contribution in [1.82, 2.24) is 14.9 Å². The molecule has 0 unspecified atom stereocenters. The molecule has 5 rings (SSSR count). The van der Waals surface area contributed by atoms with Crippen molar-refractivity contribution in [1.29, 1.82) is 0 Å². The van der Waals surface area contributed by atoms with Gasteiger partial charge in [-0.2, -0.15) is 0 Å². The summed E-state index contributed by atoms with van der Waals surface area (Å²) in [6.07, 6.45) is 5.53. The highest BCUT2D eigenvalue weighted by Crippen LogP contribution is 2.46. The summed E-state index contributed by atoms with van der Waals surface area (Å²) in [6.45, 7) is 6.22. The number of para-hydroxylation sites is 1. The predicted octanol–water partition coefficient (Wildman–Crippen LogP) is 6.53. The number of H-pyrrole nitrogens is 1. The third kappa shape index (κ3) is 5.18. The van der Waals surface area contributed by atoms with E-state index in [2.05, 4.69) is 69.5 Å². The Balaban J connectivity index is 1.39. The van der Waals surface area contributed by atoms with Crippen LogP contribution in [0.15, 0.2) is 66.9 Å². The highest BCUT2D eigenvalue weighted by molar-refractivity contribution is 7.71. The van der Waals surface area contributed by atoms with Crippen LogP contribution in [0, 0.1) is 0 Å². The van der Waals surface area contributed by atoms with E-state index >= 15 is 0 Å². The van der Waals surface area contributed by atoms with Gasteiger partial charge in [0.25, 0.3) is 0 Å². The molecule has 0 aliphatic carbocycles. The van der Waals surface area contributed by atoms with Crippen LogP contribution in [0.5, 0.6) is 0 Å². The lowest BCUT2D eigenvalue weighted by Crippen LogP contribution is -2.41. The molecule has 4 aromatic rings. The first-order valence-electron chi connectivity index (χ1n) is 13.4. The number of benzene rings is 2. The summed E-state index contributed by atoms with van der Waals surface area (Å²) in [5.74, 6) is 0. The fraction of sp³-hybridized carbons (Fsp3) is 0.367. The molecule has 1 aliphatic heterocycles. The van der Waals surface area contributed by atoms with Crippen LogP contribution in [0.4, 0.5) is 17.1 Å². The fourth-order valence-corrected chi connectivity index (χ4v) is 7.48. The van der Waals surface area contributed by atoms with E-state index in [1.165, 1.54) is 18.5 Å². The molecule has 1 fully saturated rings. The van der Waals surface area contributed by atoms with E-state index in [0.29, 0.717) is 18.4 Å². The largest absolute Gasteiger partial charge is 0.371 e. The van der Waals surface area contributed by atoms with Crippen LogP contribution in [-0.2, 0) is 4.57 Å². The van der Waals surface area contributed by atoms with Crippen LogP contribution >= 0.6 is 7.14 Å². The molecule has 3 heterocycles. The van der Waals surface area contributed by atoms with Gasteiger partial charge in [0.15, 0.2) is 0 Å². The van der Waals surface area contributed by atoms with Gasteiger partial charge in [0, 0.05) is 65.4 Å². The Bertz CT molecular complexity index is 1400. The lowest BCUT2D eigenvalue weighted by atomic mass is 10.0. The second kappa shape index (κ2) is 10.7. The molecule has 0 radical (unpaired) electrons. The Labute approximate surface area is 220 Å². The van der Waals surface area contributed by atoms with Crippen LogP contribution in [0.2, 0.25) is 0 Å². The molecule has 0 atom stereocenters. The zero-order chi connectivity index (χ0) is 26.0. The standard InChI is InChI=1S/C30H38N5OP/c1-5-37(36,6-2)29-10-8-7-9-27(29)32-26-15-18-31-30-25(26)21-28(33-30)22-11-13-24(14-12-22)35-19-16-23(17-20-35)34(3)4/h7-15,18,21,23H,5-6,16-17,19-20H2,1-4H3,(H2,31,32,33). The molecular weight excluding hydrogens is 477 g/mol. The van der Waals surface area contributed by atoms with Gasteiger partial charge in [-0.05, 0) is 68.9 Å². The van der Waals surface area contributed by atoms with Crippen LogP contribution in [0.1, 0.15) is 26.7 Å². The first-order chi connectivity index (χ1) is 17.9. The summed E-state index contributed by atoms with van der Waals surface area (Å²) in [4.78, 5) is 12.9. The molecule has 0 spiro atoms. The van der Waals surface area contributed by atoms with Gasteiger partial charge in [-0.25, -0.2) is 4.98 Å². The number of anilines is 3. The number of hydrogen-bond donors (Lipinski definition) is 2. The number of rotatable bonds is 8. The number of nitrogens with one attached hydrogen (secondary N) is 2. The lowest BCUT2D eigenvalue weighted by molar-refractivity contribution is 0.249. The smallest absolute Gasteiger partial charge is 0.139 e. The molecule has 2 aromatic heterocycles. The van der Waals surface area contributed by atoms with Crippen molar-refractivity contribution in [2.24, 2.45) is 0 Å². The van der Waals surface area contributed by atoms with E-state index in [0.717, 1.165) is 52.1 Å². The molecule has 2 N–H and O–H groups in total. The minimum atomic E-state index is -2.43. The Morgan fingerprint density at radius 3 is 2.38 bits per heavy atom. The average Bonchev–Trinajstić information content (AvgIpc) is 3.39. The van der Waals surface area contributed by atoms with Crippen molar-refractivity contribution in [2.45, 2.75) is 32.7 Å². The zero-order valence-electron chi connectivity index (χ0n) is 22.4. The van der Waals surface area contributed by atoms with Gasteiger partial charge in [-0.3, -0.25) is 0 Å². The van der Waals surface area contributed by atoms with E-state index in [1.807, 2.05) is 50.4 Å². The minimum absolute atomic E-state index is 0.659. The number of fused-ring (bicyclic) bond motifs is 1. The molecule has 0 bridgehead atoms. The van der Waals surface area contributed by atoms with Gasteiger partial charge in [-0.1, -0.05) is 38.1 Å². The van der Waals surface area contributed by atoms with Gasteiger partial charge in [0.2, 0.25) is 0 Å². The summed E-state index contributed by atoms with van der Waals surface area (Å²) in [7, 11) is 1.93. The van der Waals surface area contributed by atoms with Gasteiger partial charge < -0.3 is 24.7 Å². The fourth-order valence-electron chi connectivity index (χ4n) is 5.43. The maximum absolute atomic E-state index is 13.5. The van der Waals surface area contributed by atoms with E-state index < -0.39 is 7.14 Å². The molecule has 2 aromatic carbocycles. The maximum Gasteiger partial charge on any atom is 0.139 e.